The highest BCUT2D eigenvalue weighted by Crippen LogP contribution is 2.29. The van der Waals surface area contributed by atoms with Crippen molar-refractivity contribution < 1.29 is 9.90 Å². The molecule has 3 aromatic carbocycles. The van der Waals surface area contributed by atoms with Crippen LogP contribution in [0, 0.1) is 0 Å². The van der Waals surface area contributed by atoms with E-state index in [1.54, 1.807) is 36.5 Å². The summed E-state index contributed by atoms with van der Waals surface area (Å²) in [7, 11) is 5.39. The Morgan fingerprint density at radius 1 is 0.870 bits per heavy atom. The third-order valence-electron chi connectivity index (χ3n) is 8.79. The van der Waals surface area contributed by atoms with Crippen molar-refractivity contribution in [3.8, 4) is 16.9 Å². The average Bonchev–Trinajstić information content (AvgIpc) is 3.45. The summed E-state index contributed by atoms with van der Waals surface area (Å²) in [6, 6.07) is 22.1. The first-order chi connectivity index (χ1) is 22.2. The van der Waals surface area contributed by atoms with Crippen LogP contribution in [0.3, 0.4) is 0 Å². The second-order valence-corrected chi connectivity index (χ2v) is 11.7. The highest BCUT2D eigenvalue weighted by atomic mass is 16.3. The molecule has 1 unspecified atom stereocenters. The highest BCUT2D eigenvalue weighted by molar-refractivity contribution is 5.87. The lowest BCUT2D eigenvalue weighted by atomic mass is 10.0. The number of rotatable bonds is 6. The van der Waals surface area contributed by atoms with E-state index in [-0.39, 0.29) is 35.5 Å². The summed E-state index contributed by atoms with van der Waals surface area (Å²) in [5.41, 5.74) is 4.45. The van der Waals surface area contributed by atoms with Crippen LogP contribution in [0.15, 0.2) is 101 Å². The Hall–Kier alpha value is -5.52. The number of aryl methyl sites for hydroxylation is 1. The first kappa shape index (κ1) is 29.2. The number of hydrogen-bond donors (Lipinski definition) is 2. The van der Waals surface area contributed by atoms with Crippen molar-refractivity contribution in [3.05, 3.63) is 123 Å². The van der Waals surface area contributed by atoms with Gasteiger partial charge in [0.15, 0.2) is 5.82 Å². The lowest BCUT2D eigenvalue weighted by molar-refractivity contribution is -0.139. The maximum Gasteiger partial charge on any atom is 0.293 e. The Bertz CT molecular complexity index is 2250. The van der Waals surface area contributed by atoms with E-state index in [1.165, 1.54) is 9.13 Å². The Kier molecular flexibility index (Phi) is 7.26. The standard InChI is InChI=1S/C35H33N7O4/c1-38-15-16-39(2)34(45)31(38)22-11-13-24(14-12-22)36-32-35(46)40(3)20-27(37-32)25-8-6-10-29(26(25)21-43)42-18-17-41-28-9-5-4-7-23(28)19-30(41)33(42)44/h4-14,17-20,31,43H,15-16,21H2,1-3H3,(H,36,37). The molecule has 1 aliphatic heterocycles. The summed E-state index contributed by atoms with van der Waals surface area (Å²) in [5.74, 6) is 0.148. The number of aliphatic hydroxyl groups is 1. The number of carbonyl (C=O) groups is 1. The molecular formula is C35H33N7O4. The molecule has 0 saturated carbocycles. The van der Waals surface area contributed by atoms with Crippen LogP contribution >= 0.6 is 0 Å². The van der Waals surface area contributed by atoms with Gasteiger partial charge < -0.3 is 24.3 Å². The summed E-state index contributed by atoms with van der Waals surface area (Å²) < 4.78 is 4.82. The molecule has 0 radical (unpaired) electrons. The minimum absolute atomic E-state index is 0.0451. The van der Waals surface area contributed by atoms with Gasteiger partial charge in [-0.3, -0.25) is 23.9 Å². The number of para-hydroxylation sites is 1. The Labute approximate surface area is 264 Å². The molecule has 3 aromatic heterocycles. The molecule has 11 heteroatoms. The zero-order valence-corrected chi connectivity index (χ0v) is 25.7. The van der Waals surface area contributed by atoms with Gasteiger partial charge in [0.2, 0.25) is 5.91 Å². The second kappa shape index (κ2) is 11.4. The molecule has 1 amide bonds. The van der Waals surface area contributed by atoms with Crippen LogP contribution in [0.4, 0.5) is 11.5 Å². The van der Waals surface area contributed by atoms with Crippen molar-refractivity contribution in [2.45, 2.75) is 12.6 Å². The van der Waals surface area contributed by atoms with Crippen LogP contribution in [0.1, 0.15) is 17.2 Å². The van der Waals surface area contributed by atoms with Gasteiger partial charge in [0, 0.05) is 68.0 Å². The van der Waals surface area contributed by atoms with E-state index in [4.69, 9.17) is 0 Å². The number of aliphatic hydroxyl groups excluding tert-OH is 1. The third-order valence-corrected chi connectivity index (χ3v) is 8.79. The zero-order valence-electron chi connectivity index (χ0n) is 25.7. The summed E-state index contributed by atoms with van der Waals surface area (Å²) >= 11 is 0. The van der Waals surface area contributed by atoms with Gasteiger partial charge >= 0.3 is 0 Å². The molecule has 0 spiro atoms. The molecule has 11 nitrogen and oxygen atoms in total. The molecule has 0 bridgehead atoms. The molecule has 4 heterocycles. The largest absolute Gasteiger partial charge is 0.392 e. The van der Waals surface area contributed by atoms with Crippen LogP contribution in [0.2, 0.25) is 0 Å². The number of piperazine rings is 1. The number of likely N-dealkylation sites (N-methyl/N-ethyl adjacent to an activating group) is 2. The van der Waals surface area contributed by atoms with E-state index in [0.717, 1.165) is 23.0 Å². The topological polar surface area (TPSA) is 117 Å². The number of nitrogens with zero attached hydrogens (tertiary/aromatic N) is 6. The van der Waals surface area contributed by atoms with Crippen LogP contribution < -0.4 is 16.4 Å². The molecule has 2 N–H and O–H groups in total. The number of hydrogen-bond acceptors (Lipinski definition) is 7. The molecular weight excluding hydrogens is 582 g/mol. The molecule has 1 aliphatic rings. The maximum absolute atomic E-state index is 13.7. The number of benzene rings is 3. The normalized spacial score (nSPS) is 15.6. The summed E-state index contributed by atoms with van der Waals surface area (Å²) in [6.45, 7) is 1.11. The number of carbonyl (C=O) groups excluding carboxylic acids is 1. The van der Waals surface area contributed by atoms with Crippen molar-refractivity contribution in [1.82, 2.24) is 28.3 Å². The SMILES string of the molecule is CN1CCN(C)C(c2ccc(Nc3nc(-c4cccc(-n5ccn6c(cc7ccccc76)c5=O)c4CO)cn(C)c3=O)cc2)C1=O. The van der Waals surface area contributed by atoms with Crippen LogP contribution in [0.5, 0.6) is 0 Å². The van der Waals surface area contributed by atoms with Crippen LogP contribution in [0.25, 0.3) is 33.4 Å². The first-order valence-electron chi connectivity index (χ1n) is 15.0. The summed E-state index contributed by atoms with van der Waals surface area (Å²) in [5, 5.41) is 14.7. The Morgan fingerprint density at radius 2 is 1.65 bits per heavy atom. The van der Waals surface area contributed by atoms with E-state index in [9.17, 15) is 19.5 Å². The molecule has 7 rings (SSSR count). The smallest absolute Gasteiger partial charge is 0.293 e. The molecule has 0 aliphatic carbocycles. The van der Waals surface area contributed by atoms with Crippen LogP contribution in [-0.4, -0.2) is 66.5 Å². The molecule has 46 heavy (non-hydrogen) atoms. The number of nitrogens with one attached hydrogen (secondary N) is 1. The lowest BCUT2D eigenvalue weighted by Crippen LogP contribution is -2.48. The summed E-state index contributed by atoms with van der Waals surface area (Å²) in [6.07, 6.45) is 5.15. The van der Waals surface area contributed by atoms with Gasteiger partial charge in [0.05, 0.1) is 23.5 Å². The van der Waals surface area contributed by atoms with Gasteiger partial charge in [0.1, 0.15) is 11.6 Å². The van der Waals surface area contributed by atoms with Crippen molar-refractivity contribution in [2.24, 2.45) is 7.05 Å². The fourth-order valence-electron chi connectivity index (χ4n) is 6.27. The molecule has 1 fully saturated rings. The molecule has 1 atom stereocenters. The minimum atomic E-state index is -0.365. The van der Waals surface area contributed by atoms with Gasteiger partial charge in [-0.25, -0.2) is 4.98 Å². The summed E-state index contributed by atoms with van der Waals surface area (Å²) in [4.78, 5) is 48.1. The monoisotopic (exact) mass is 615 g/mol. The lowest BCUT2D eigenvalue weighted by Gasteiger charge is -2.37. The van der Waals surface area contributed by atoms with Crippen LogP contribution in [-0.2, 0) is 18.4 Å². The Morgan fingerprint density at radius 3 is 2.43 bits per heavy atom. The van der Waals surface area contributed by atoms with E-state index < -0.39 is 0 Å². The maximum atomic E-state index is 13.7. The van der Waals surface area contributed by atoms with E-state index in [0.29, 0.717) is 40.3 Å². The van der Waals surface area contributed by atoms with E-state index in [1.807, 2.05) is 90.3 Å². The van der Waals surface area contributed by atoms with Crippen molar-refractivity contribution >= 4 is 33.8 Å². The number of amides is 1. The van der Waals surface area contributed by atoms with Gasteiger partial charge in [-0.15, -0.1) is 0 Å². The third kappa shape index (κ3) is 4.86. The van der Waals surface area contributed by atoms with Crippen molar-refractivity contribution in [2.75, 3.05) is 32.5 Å². The predicted octanol–water partition coefficient (Wildman–Crippen LogP) is 3.68. The predicted molar refractivity (Wildman–Crippen MR) is 178 cm³/mol. The number of anilines is 2. The quantitative estimate of drug-likeness (QED) is 0.294. The number of aromatic nitrogens is 4. The zero-order chi connectivity index (χ0) is 32.1. The van der Waals surface area contributed by atoms with E-state index in [2.05, 4.69) is 10.3 Å². The fourth-order valence-corrected chi connectivity index (χ4v) is 6.27. The number of fused-ring (bicyclic) bond motifs is 3. The Balaban J connectivity index is 1.25. The van der Waals surface area contributed by atoms with Crippen molar-refractivity contribution in [3.63, 3.8) is 0 Å². The van der Waals surface area contributed by atoms with E-state index >= 15 is 0 Å². The van der Waals surface area contributed by atoms with Gasteiger partial charge in [-0.2, -0.15) is 0 Å². The van der Waals surface area contributed by atoms with Gasteiger partial charge in [-0.1, -0.05) is 42.5 Å². The second-order valence-electron chi connectivity index (χ2n) is 11.7. The highest BCUT2D eigenvalue weighted by Gasteiger charge is 2.31. The first-order valence-corrected chi connectivity index (χ1v) is 15.0. The average molecular weight is 616 g/mol. The molecule has 1 saturated heterocycles. The molecule has 6 aromatic rings. The van der Waals surface area contributed by atoms with Gasteiger partial charge in [-0.05, 0) is 42.9 Å². The van der Waals surface area contributed by atoms with Crippen molar-refractivity contribution in [1.29, 1.82) is 0 Å². The minimum Gasteiger partial charge on any atom is -0.392 e. The van der Waals surface area contributed by atoms with Gasteiger partial charge in [0.25, 0.3) is 11.1 Å². The fraction of sp³-hybridized carbons (Fsp3) is 0.200. The molecule has 232 valence electrons.